The Morgan fingerprint density at radius 1 is 1.03 bits per heavy atom. The molecule has 6 heteroatoms. The molecule has 3 rings (SSSR count). The second-order valence-electron chi connectivity index (χ2n) is 8.73. The van der Waals surface area contributed by atoms with E-state index in [1.807, 2.05) is 62.1 Å². The van der Waals surface area contributed by atoms with E-state index in [4.69, 9.17) is 4.98 Å². The number of amides is 2. The summed E-state index contributed by atoms with van der Waals surface area (Å²) in [6.07, 6.45) is 4.89. The highest BCUT2D eigenvalue weighted by atomic mass is 16.2. The van der Waals surface area contributed by atoms with Crippen LogP contribution < -0.4 is 10.9 Å². The lowest BCUT2D eigenvalue weighted by Gasteiger charge is -2.32. The maximum absolute atomic E-state index is 13.6. The summed E-state index contributed by atoms with van der Waals surface area (Å²) >= 11 is 0. The van der Waals surface area contributed by atoms with Gasteiger partial charge in [0.05, 0.1) is 16.9 Å². The molecule has 2 aromatic carbocycles. The monoisotopic (exact) mass is 448 g/mol. The first-order valence-electron chi connectivity index (χ1n) is 12.0. The average molecular weight is 449 g/mol. The molecule has 176 valence electrons. The number of carbonyl (C=O) groups is 1. The van der Waals surface area contributed by atoms with Gasteiger partial charge in [-0.15, -0.1) is 0 Å². The van der Waals surface area contributed by atoms with Crippen molar-refractivity contribution in [2.45, 2.75) is 65.8 Å². The van der Waals surface area contributed by atoms with E-state index in [2.05, 4.69) is 12.2 Å². The summed E-state index contributed by atoms with van der Waals surface area (Å²) in [6.45, 7) is 8.82. The molecular formula is C27H36N4O2. The molecule has 1 unspecified atom stereocenters. The van der Waals surface area contributed by atoms with Crippen molar-refractivity contribution in [3.05, 3.63) is 69.8 Å². The van der Waals surface area contributed by atoms with Crippen LogP contribution in [0.3, 0.4) is 0 Å². The van der Waals surface area contributed by atoms with Gasteiger partial charge < -0.3 is 10.2 Å². The van der Waals surface area contributed by atoms with Gasteiger partial charge >= 0.3 is 6.03 Å². The van der Waals surface area contributed by atoms with Crippen molar-refractivity contribution in [1.29, 1.82) is 0 Å². The zero-order valence-electron chi connectivity index (χ0n) is 20.5. The Morgan fingerprint density at radius 2 is 1.73 bits per heavy atom. The molecule has 2 amide bonds. The molecule has 1 N–H and O–H groups in total. The molecule has 1 heterocycles. The standard InChI is InChI=1S/C27H36N4O2/c1-6-8-9-12-18-31(27(33)29-24-19(3)14-13-15-20(24)4)23(7-2)25-28-22-17-11-10-16-21(22)26(32)30(25)5/h10-11,13-17,23H,6-9,12,18H2,1-5H3,(H,29,33). The van der Waals surface area contributed by atoms with Crippen LogP contribution >= 0.6 is 0 Å². The Balaban J connectivity index is 2.01. The highest BCUT2D eigenvalue weighted by molar-refractivity contribution is 5.91. The minimum Gasteiger partial charge on any atom is -0.314 e. The number of fused-ring (bicyclic) bond motifs is 1. The van der Waals surface area contributed by atoms with E-state index in [1.54, 1.807) is 17.7 Å². The molecular weight excluding hydrogens is 412 g/mol. The minimum absolute atomic E-state index is 0.0878. The van der Waals surface area contributed by atoms with Crippen molar-refractivity contribution < 1.29 is 4.79 Å². The second kappa shape index (κ2) is 11.1. The van der Waals surface area contributed by atoms with Crippen molar-refractivity contribution in [3.8, 4) is 0 Å². The molecule has 0 radical (unpaired) electrons. The third-order valence-electron chi connectivity index (χ3n) is 6.31. The number of hydrogen-bond acceptors (Lipinski definition) is 3. The van der Waals surface area contributed by atoms with Crippen LogP contribution in [0.4, 0.5) is 10.5 Å². The molecule has 0 bridgehead atoms. The first-order valence-corrected chi connectivity index (χ1v) is 12.0. The fourth-order valence-electron chi connectivity index (χ4n) is 4.37. The highest BCUT2D eigenvalue weighted by Gasteiger charge is 2.28. The topological polar surface area (TPSA) is 67.2 Å². The maximum atomic E-state index is 13.6. The normalized spacial score (nSPS) is 12.0. The Kier molecular flexibility index (Phi) is 8.26. The lowest BCUT2D eigenvalue weighted by molar-refractivity contribution is 0.178. The van der Waals surface area contributed by atoms with E-state index in [9.17, 15) is 9.59 Å². The van der Waals surface area contributed by atoms with Gasteiger partial charge in [0.15, 0.2) is 0 Å². The van der Waals surface area contributed by atoms with Crippen molar-refractivity contribution in [1.82, 2.24) is 14.5 Å². The number of urea groups is 1. The molecule has 1 aromatic heterocycles. The maximum Gasteiger partial charge on any atom is 0.322 e. The van der Waals surface area contributed by atoms with E-state index in [0.717, 1.165) is 42.5 Å². The summed E-state index contributed by atoms with van der Waals surface area (Å²) < 4.78 is 1.60. The summed E-state index contributed by atoms with van der Waals surface area (Å²) in [7, 11) is 1.75. The zero-order chi connectivity index (χ0) is 24.0. The van der Waals surface area contributed by atoms with Gasteiger partial charge in [-0.3, -0.25) is 9.36 Å². The summed E-state index contributed by atoms with van der Waals surface area (Å²) in [5, 5.41) is 3.74. The molecule has 1 atom stereocenters. The quantitative estimate of drug-likeness (QED) is 0.401. The second-order valence-corrected chi connectivity index (χ2v) is 8.73. The van der Waals surface area contributed by atoms with Gasteiger partial charge in [0.2, 0.25) is 0 Å². The number of anilines is 1. The van der Waals surface area contributed by atoms with Gasteiger partial charge in [-0.25, -0.2) is 9.78 Å². The predicted molar refractivity (Wildman–Crippen MR) is 136 cm³/mol. The van der Waals surface area contributed by atoms with Gasteiger partial charge in [-0.1, -0.05) is 63.4 Å². The van der Waals surface area contributed by atoms with Gasteiger partial charge in [-0.2, -0.15) is 0 Å². The fourth-order valence-corrected chi connectivity index (χ4v) is 4.37. The van der Waals surface area contributed by atoms with Crippen LogP contribution in [0.1, 0.15) is 68.9 Å². The molecule has 0 fully saturated rings. The Morgan fingerprint density at radius 3 is 2.39 bits per heavy atom. The van der Waals surface area contributed by atoms with E-state index >= 15 is 0 Å². The molecule has 0 saturated carbocycles. The van der Waals surface area contributed by atoms with Crippen LogP contribution in [0, 0.1) is 13.8 Å². The molecule has 0 aliphatic carbocycles. The van der Waals surface area contributed by atoms with Gasteiger partial charge in [0.1, 0.15) is 5.82 Å². The molecule has 6 nitrogen and oxygen atoms in total. The lowest BCUT2D eigenvalue weighted by Crippen LogP contribution is -2.41. The number of aromatic nitrogens is 2. The van der Waals surface area contributed by atoms with Crippen molar-refractivity contribution >= 4 is 22.6 Å². The molecule has 0 spiro atoms. The number of nitrogens with zero attached hydrogens (tertiary/aromatic N) is 3. The summed E-state index contributed by atoms with van der Waals surface area (Å²) in [5.41, 5.74) is 3.47. The molecule has 33 heavy (non-hydrogen) atoms. The van der Waals surface area contributed by atoms with Crippen molar-refractivity contribution in [3.63, 3.8) is 0 Å². The zero-order valence-corrected chi connectivity index (χ0v) is 20.5. The summed E-state index contributed by atoms with van der Waals surface area (Å²) in [5.74, 6) is 0.619. The van der Waals surface area contributed by atoms with Gasteiger partial charge in [0, 0.05) is 19.3 Å². The van der Waals surface area contributed by atoms with E-state index in [0.29, 0.717) is 29.7 Å². The number of nitrogens with one attached hydrogen (secondary N) is 1. The SMILES string of the molecule is CCCCCCN(C(=O)Nc1c(C)cccc1C)C(CC)c1nc2ccccc2c(=O)n1C. The Bertz CT molecular complexity index is 1150. The van der Waals surface area contributed by atoms with Crippen LogP contribution in [0.15, 0.2) is 47.3 Å². The van der Waals surface area contributed by atoms with E-state index in [1.165, 1.54) is 0 Å². The Labute approximate surface area is 196 Å². The molecule has 0 aliphatic heterocycles. The largest absolute Gasteiger partial charge is 0.322 e. The molecule has 3 aromatic rings. The van der Waals surface area contributed by atoms with Gasteiger partial charge in [0.25, 0.3) is 5.56 Å². The fraction of sp³-hybridized carbons (Fsp3) is 0.444. The van der Waals surface area contributed by atoms with Crippen LogP contribution in [0.2, 0.25) is 0 Å². The average Bonchev–Trinajstić information content (AvgIpc) is 2.81. The summed E-state index contributed by atoms with van der Waals surface area (Å²) in [6, 6.07) is 12.9. The number of benzene rings is 2. The number of carbonyl (C=O) groups excluding carboxylic acids is 1. The third kappa shape index (κ3) is 5.44. The lowest BCUT2D eigenvalue weighted by atomic mass is 10.1. The number of aryl methyl sites for hydroxylation is 2. The van der Waals surface area contributed by atoms with Crippen molar-refractivity contribution in [2.75, 3.05) is 11.9 Å². The Hall–Kier alpha value is -3.15. The smallest absolute Gasteiger partial charge is 0.314 e. The van der Waals surface area contributed by atoms with Gasteiger partial charge in [-0.05, 0) is 49.9 Å². The predicted octanol–water partition coefficient (Wildman–Crippen LogP) is 6.12. The highest BCUT2D eigenvalue weighted by Crippen LogP contribution is 2.27. The van der Waals surface area contributed by atoms with Crippen molar-refractivity contribution in [2.24, 2.45) is 7.05 Å². The number of hydrogen-bond donors (Lipinski definition) is 1. The van der Waals surface area contributed by atoms with Crippen LogP contribution in [0.5, 0.6) is 0 Å². The number of unbranched alkanes of at least 4 members (excludes halogenated alkanes) is 3. The summed E-state index contributed by atoms with van der Waals surface area (Å²) in [4.78, 5) is 33.4. The van der Waals surface area contributed by atoms with Crippen LogP contribution in [0.25, 0.3) is 10.9 Å². The number of para-hydroxylation sites is 2. The van der Waals surface area contributed by atoms with E-state index in [-0.39, 0.29) is 17.6 Å². The number of rotatable bonds is 9. The first kappa shape index (κ1) is 24.5. The molecule has 0 aliphatic rings. The van der Waals surface area contributed by atoms with E-state index < -0.39 is 0 Å². The van der Waals surface area contributed by atoms with Crippen LogP contribution in [-0.2, 0) is 7.05 Å². The molecule has 0 saturated heterocycles. The minimum atomic E-state index is -0.307. The first-order chi connectivity index (χ1) is 15.9. The van der Waals surface area contributed by atoms with Crippen LogP contribution in [-0.4, -0.2) is 27.0 Å². The third-order valence-corrected chi connectivity index (χ3v) is 6.31.